The summed E-state index contributed by atoms with van der Waals surface area (Å²) >= 11 is 0. The van der Waals surface area contributed by atoms with Crippen molar-refractivity contribution in [3.63, 3.8) is 0 Å². The average Bonchev–Trinajstić information content (AvgIpc) is 3.04. The standard InChI is InChI=1S/C19H22FN3O3S/c20-15-6-8-16(9-7-15)27(25,26)22-11-10-19(24)23-12-17(18(21)13-23)14-4-2-1-3-5-14/h1-9,17-18,22H,10-13,21H2/t17-,18+/m0/s1. The largest absolute Gasteiger partial charge is 0.340 e. The lowest BCUT2D eigenvalue weighted by Crippen LogP contribution is -2.34. The molecule has 3 N–H and O–H groups in total. The van der Waals surface area contributed by atoms with Crippen molar-refractivity contribution in [3.8, 4) is 0 Å². The maximum atomic E-state index is 12.9. The number of nitrogens with two attached hydrogens (primary N) is 1. The van der Waals surface area contributed by atoms with Crippen LogP contribution in [0.2, 0.25) is 0 Å². The average molecular weight is 391 g/mol. The first-order valence-corrected chi connectivity index (χ1v) is 10.2. The molecule has 8 heteroatoms. The van der Waals surface area contributed by atoms with E-state index >= 15 is 0 Å². The molecule has 2 aromatic carbocycles. The molecule has 27 heavy (non-hydrogen) atoms. The van der Waals surface area contributed by atoms with Crippen LogP contribution in [0.15, 0.2) is 59.5 Å². The Kier molecular flexibility index (Phi) is 5.88. The van der Waals surface area contributed by atoms with Gasteiger partial charge in [0.25, 0.3) is 0 Å². The number of hydrogen-bond donors (Lipinski definition) is 2. The quantitative estimate of drug-likeness (QED) is 0.780. The van der Waals surface area contributed by atoms with Gasteiger partial charge >= 0.3 is 0 Å². The van der Waals surface area contributed by atoms with E-state index in [-0.39, 0.29) is 35.7 Å². The van der Waals surface area contributed by atoms with Gasteiger partial charge in [0.05, 0.1) is 4.90 Å². The zero-order valence-electron chi connectivity index (χ0n) is 14.7. The molecule has 1 amide bonds. The van der Waals surface area contributed by atoms with E-state index in [1.807, 2.05) is 30.3 Å². The number of benzene rings is 2. The second kappa shape index (κ2) is 8.16. The Morgan fingerprint density at radius 1 is 1.11 bits per heavy atom. The zero-order valence-corrected chi connectivity index (χ0v) is 15.5. The summed E-state index contributed by atoms with van der Waals surface area (Å²) in [5.41, 5.74) is 7.28. The van der Waals surface area contributed by atoms with Gasteiger partial charge in [0.1, 0.15) is 5.82 Å². The molecule has 6 nitrogen and oxygen atoms in total. The molecule has 1 saturated heterocycles. The van der Waals surface area contributed by atoms with Crippen LogP contribution in [-0.4, -0.2) is 44.9 Å². The van der Waals surface area contributed by atoms with Gasteiger partial charge in [-0.1, -0.05) is 30.3 Å². The van der Waals surface area contributed by atoms with Gasteiger partial charge in [-0.05, 0) is 29.8 Å². The summed E-state index contributed by atoms with van der Waals surface area (Å²) in [6.45, 7) is 0.943. The fraction of sp³-hybridized carbons (Fsp3) is 0.316. The highest BCUT2D eigenvalue weighted by molar-refractivity contribution is 7.89. The van der Waals surface area contributed by atoms with Crippen LogP contribution < -0.4 is 10.5 Å². The molecule has 0 spiro atoms. The Morgan fingerprint density at radius 2 is 1.78 bits per heavy atom. The first-order valence-electron chi connectivity index (χ1n) is 8.70. The summed E-state index contributed by atoms with van der Waals surface area (Å²) in [6.07, 6.45) is 0.0364. The molecule has 1 fully saturated rings. The number of rotatable bonds is 6. The maximum Gasteiger partial charge on any atom is 0.240 e. The normalized spacial score (nSPS) is 20.0. The predicted octanol–water partition coefficient (Wildman–Crippen LogP) is 1.45. The van der Waals surface area contributed by atoms with Crippen LogP contribution in [0.3, 0.4) is 0 Å². The zero-order chi connectivity index (χ0) is 19.4. The number of nitrogens with one attached hydrogen (secondary N) is 1. The monoisotopic (exact) mass is 391 g/mol. The van der Waals surface area contributed by atoms with Crippen molar-refractivity contribution in [2.45, 2.75) is 23.3 Å². The van der Waals surface area contributed by atoms with Crippen molar-refractivity contribution in [2.24, 2.45) is 5.73 Å². The van der Waals surface area contributed by atoms with E-state index in [9.17, 15) is 17.6 Å². The molecule has 1 aliphatic heterocycles. The molecule has 2 aromatic rings. The van der Waals surface area contributed by atoms with E-state index < -0.39 is 15.8 Å². The molecule has 3 rings (SSSR count). The number of carbonyl (C=O) groups is 1. The fourth-order valence-electron chi connectivity index (χ4n) is 3.23. The molecule has 1 aliphatic rings. The van der Waals surface area contributed by atoms with Gasteiger partial charge in [0.2, 0.25) is 15.9 Å². The van der Waals surface area contributed by atoms with Crippen LogP contribution in [0, 0.1) is 5.82 Å². The minimum Gasteiger partial charge on any atom is -0.340 e. The molecule has 1 heterocycles. The second-order valence-electron chi connectivity index (χ2n) is 6.58. The lowest BCUT2D eigenvalue weighted by Gasteiger charge is -2.16. The van der Waals surface area contributed by atoms with Crippen LogP contribution in [0.4, 0.5) is 4.39 Å². The Labute approximate surface area is 158 Å². The van der Waals surface area contributed by atoms with Crippen molar-refractivity contribution in [1.29, 1.82) is 0 Å². The third kappa shape index (κ3) is 4.71. The van der Waals surface area contributed by atoms with Gasteiger partial charge in [0.15, 0.2) is 0 Å². The van der Waals surface area contributed by atoms with Crippen LogP contribution in [0.25, 0.3) is 0 Å². The smallest absolute Gasteiger partial charge is 0.240 e. The highest BCUT2D eigenvalue weighted by Crippen LogP contribution is 2.26. The first kappa shape index (κ1) is 19.5. The Bertz CT molecular complexity index is 888. The van der Waals surface area contributed by atoms with Gasteiger partial charge in [-0.15, -0.1) is 0 Å². The third-order valence-electron chi connectivity index (χ3n) is 4.70. The Hall–Kier alpha value is -2.29. The highest BCUT2D eigenvalue weighted by Gasteiger charge is 2.33. The summed E-state index contributed by atoms with van der Waals surface area (Å²) < 4.78 is 39.6. The number of amides is 1. The lowest BCUT2D eigenvalue weighted by molar-refractivity contribution is -0.130. The Morgan fingerprint density at radius 3 is 2.44 bits per heavy atom. The van der Waals surface area contributed by atoms with Crippen LogP contribution in [0.5, 0.6) is 0 Å². The minimum atomic E-state index is -3.77. The number of likely N-dealkylation sites (tertiary alicyclic amines) is 1. The topological polar surface area (TPSA) is 92.5 Å². The van der Waals surface area contributed by atoms with E-state index in [0.717, 1.165) is 17.7 Å². The van der Waals surface area contributed by atoms with Gasteiger partial charge in [0, 0.05) is 38.0 Å². The van der Waals surface area contributed by atoms with Gasteiger partial charge < -0.3 is 10.6 Å². The number of hydrogen-bond acceptors (Lipinski definition) is 4. The van der Waals surface area contributed by atoms with Gasteiger partial charge in [-0.25, -0.2) is 17.5 Å². The third-order valence-corrected chi connectivity index (χ3v) is 6.18. The molecular formula is C19H22FN3O3S. The van der Waals surface area contributed by atoms with E-state index in [1.54, 1.807) is 4.90 Å². The molecule has 144 valence electrons. The van der Waals surface area contributed by atoms with Crippen LogP contribution in [0.1, 0.15) is 17.9 Å². The summed E-state index contributed by atoms with van der Waals surface area (Å²) in [5.74, 6) is -0.584. The number of nitrogens with zero attached hydrogens (tertiary/aromatic N) is 1. The molecule has 0 radical (unpaired) electrons. The summed E-state index contributed by atoms with van der Waals surface area (Å²) in [6, 6.07) is 14.2. The summed E-state index contributed by atoms with van der Waals surface area (Å²) in [7, 11) is -3.77. The number of sulfonamides is 1. The molecule has 0 unspecified atom stereocenters. The van der Waals surface area contributed by atoms with E-state index in [2.05, 4.69) is 4.72 Å². The van der Waals surface area contributed by atoms with Crippen molar-refractivity contribution in [1.82, 2.24) is 9.62 Å². The van der Waals surface area contributed by atoms with Gasteiger partial charge in [-0.2, -0.15) is 0 Å². The Balaban J connectivity index is 1.53. The van der Waals surface area contributed by atoms with Crippen LogP contribution >= 0.6 is 0 Å². The molecule has 0 bridgehead atoms. The second-order valence-corrected chi connectivity index (χ2v) is 8.35. The summed E-state index contributed by atoms with van der Waals surface area (Å²) in [4.78, 5) is 14.1. The van der Waals surface area contributed by atoms with Gasteiger partial charge in [-0.3, -0.25) is 4.79 Å². The number of carbonyl (C=O) groups excluding carboxylic acids is 1. The van der Waals surface area contributed by atoms with Crippen LogP contribution in [-0.2, 0) is 14.8 Å². The molecule has 2 atom stereocenters. The summed E-state index contributed by atoms with van der Waals surface area (Å²) in [5, 5.41) is 0. The highest BCUT2D eigenvalue weighted by atomic mass is 32.2. The van der Waals surface area contributed by atoms with Crippen molar-refractivity contribution in [3.05, 3.63) is 66.0 Å². The molecule has 0 aromatic heterocycles. The van der Waals surface area contributed by atoms with E-state index in [4.69, 9.17) is 5.73 Å². The molecule has 0 saturated carbocycles. The SMILES string of the molecule is N[C@@H]1CN(C(=O)CCNS(=O)(=O)c2ccc(F)cc2)C[C@H]1c1ccccc1. The maximum absolute atomic E-state index is 12.9. The number of halogens is 1. The van der Waals surface area contributed by atoms with Crippen molar-refractivity contribution >= 4 is 15.9 Å². The van der Waals surface area contributed by atoms with Crippen molar-refractivity contribution < 1.29 is 17.6 Å². The fourth-order valence-corrected chi connectivity index (χ4v) is 4.26. The van der Waals surface area contributed by atoms with E-state index in [0.29, 0.717) is 13.1 Å². The molecule has 0 aliphatic carbocycles. The first-order chi connectivity index (χ1) is 12.9. The molecular weight excluding hydrogens is 369 g/mol. The lowest BCUT2D eigenvalue weighted by atomic mass is 9.95. The minimum absolute atomic E-state index is 0.0275. The van der Waals surface area contributed by atoms with Crippen molar-refractivity contribution in [2.75, 3.05) is 19.6 Å². The predicted molar refractivity (Wildman–Crippen MR) is 99.9 cm³/mol. The van der Waals surface area contributed by atoms with E-state index in [1.165, 1.54) is 12.1 Å².